The van der Waals surface area contributed by atoms with E-state index < -0.39 is 5.92 Å². The fourth-order valence-corrected chi connectivity index (χ4v) is 5.75. The van der Waals surface area contributed by atoms with Gasteiger partial charge < -0.3 is 10.2 Å². The highest BCUT2D eigenvalue weighted by atomic mass is 19.1. The molecular weight excluding hydrogens is 409 g/mol. The SMILES string of the molecule is Cn1nc(C2CCC(=O)NC2=O)c2ccc(C3CCN(CC4CCNCC4)CC3)c(F)c21. The predicted molar refractivity (Wildman–Crippen MR) is 120 cm³/mol. The van der Waals surface area contributed by atoms with Crippen LogP contribution in [0.3, 0.4) is 0 Å². The molecule has 3 saturated heterocycles. The lowest BCUT2D eigenvalue weighted by atomic mass is 9.86. The highest BCUT2D eigenvalue weighted by molar-refractivity contribution is 6.02. The van der Waals surface area contributed by atoms with Gasteiger partial charge in [-0.15, -0.1) is 0 Å². The van der Waals surface area contributed by atoms with E-state index in [1.165, 1.54) is 12.8 Å². The number of aryl methyl sites for hydroxylation is 1. The van der Waals surface area contributed by atoms with Gasteiger partial charge in [0.2, 0.25) is 11.8 Å². The summed E-state index contributed by atoms with van der Waals surface area (Å²) >= 11 is 0. The van der Waals surface area contributed by atoms with E-state index in [9.17, 15) is 9.59 Å². The number of imide groups is 1. The van der Waals surface area contributed by atoms with Gasteiger partial charge in [-0.05, 0) is 75.7 Å². The number of nitrogens with zero attached hydrogens (tertiary/aromatic N) is 3. The van der Waals surface area contributed by atoms with E-state index in [1.54, 1.807) is 11.7 Å². The van der Waals surface area contributed by atoms with Gasteiger partial charge in [-0.2, -0.15) is 5.10 Å². The number of carbonyl (C=O) groups is 2. The Bertz CT molecular complexity index is 1020. The Morgan fingerprint density at radius 3 is 2.56 bits per heavy atom. The molecule has 2 amide bonds. The van der Waals surface area contributed by atoms with E-state index >= 15 is 4.39 Å². The third kappa shape index (κ3) is 4.06. The Hall–Kier alpha value is -2.32. The monoisotopic (exact) mass is 441 g/mol. The number of hydrogen-bond donors (Lipinski definition) is 2. The third-order valence-corrected chi connectivity index (χ3v) is 7.58. The minimum absolute atomic E-state index is 0.206. The molecule has 5 rings (SSSR count). The molecule has 3 fully saturated rings. The molecule has 1 unspecified atom stereocenters. The van der Waals surface area contributed by atoms with Crippen molar-refractivity contribution in [2.75, 3.05) is 32.7 Å². The molecule has 1 atom stereocenters. The fourth-order valence-electron chi connectivity index (χ4n) is 5.75. The number of amides is 2. The molecule has 2 aromatic rings. The Labute approximate surface area is 187 Å². The molecule has 0 spiro atoms. The molecule has 0 bridgehead atoms. The number of nitrogens with one attached hydrogen (secondary N) is 2. The first-order valence-corrected chi connectivity index (χ1v) is 11.9. The van der Waals surface area contributed by atoms with Crippen LogP contribution in [0.5, 0.6) is 0 Å². The average molecular weight is 442 g/mol. The highest BCUT2D eigenvalue weighted by Crippen LogP contribution is 2.36. The normalized spacial score (nSPS) is 24.2. The summed E-state index contributed by atoms with van der Waals surface area (Å²) in [6, 6.07) is 3.81. The van der Waals surface area contributed by atoms with Crippen LogP contribution in [-0.4, -0.2) is 59.2 Å². The van der Waals surface area contributed by atoms with Crippen molar-refractivity contribution in [3.05, 3.63) is 29.2 Å². The second-order valence-electron chi connectivity index (χ2n) is 9.65. The van der Waals surface area contributed by atoms with Crippen molar-refractivity contribution in [2.24, 2.45) is 13.0 Å². The van der Waals surface area contributed by atoms with Crippen molar-refractivity contribution in [2.45, 2.75) is 50.4 Å². The van der Waals surface area contributed by atoms with Crippen LogP contribution in [-0.2, 0) is 16.6 Å². The Morgan fingerprint density at radius 1 is 1.09 bits per heavy atom. The van der Waals surface area contributed by atoms with Crippen LogP contribution in [0.4, 0.5) is 4.39 Å². The van der Waals surface area contributed by atoms with Crippen molar-refractivity contribution in [1.29, 1.82) is 0 Å². The lowest BCUT2D eigenvalue weighted by Crippen LogP contribution is -2.40. The lowest BCUT2D eigenvalue weighted by Gasteiger charge is -2.35. The molecular formula is C24H32FN5O2. The summed E-state index contributed by atoms with van der Waals surface area (Å²) in [5, 5.41) is 11.0. The van der Waals surface area contributed by atoms with Gasteiger partial charge in [0.05, 0.1) is 11.6 Å². The Morgan fingerprint density at radius 2 is 1.84 bits per heavy atom. The molecule has 7 nitrogen and oxygen atoms in total. The van der Waals surface area contributed by atoms with Gasteiger partial charge in [-0.3, -0.25) is 19.6 Å². The molecule has 3 aliphatic rings. The smallest absolute Gasteiger partial charge is 0.235 e. The van der Waals surface area contributed by atoms with Crippen LogP contribution in [0.1, 0.15) is 61.6 Å². The largest absolute Gasteiger partial charge is 0.317 e. The summed E-state index contributed by atoms with van der Waals surface area (Å²) in [6.07, 6.45) is 5.12. The molecule has 4 heterocycles. The number of rotatable bonds is 4. The number of benzene rings is 1. The predicted octanol–water partition coefficient (Wildman–Crippen LogP) is 2.41. The van der Waals surface area contributed by atoms with Crippen molar-refractivity contribution in [3.8, 4) is 0 Å². The number of aromatic nitrogens is 2. The summed E-state index contributed by atoms with van der Waals surface area (Å²) in [5.41, 5.74) is 1.78. The first-order chi connectivity index (χ1) is 15.5. The van der Waals surface area contributed by atoms with Gasteiger partial charge in [0.1, 0.15) is 5.52 Å². The molecule has 0 radical (unpaired) electrons. The van der Waals surface area contributed by atoms with Gasteiger partial charge in [-0.25, -0.2) is 4.39 Å². The number of hydrogen-bond acceptors (Lipinski definition) is 5. The summed E-state index contributed by atoms with van der Waals surface area (Å²) in [5.74, 6) is -0.343. The maximum absolute atomic E-state index is 15.7. The molecule has 1 aromatic carbocycles. The number of piperidine rings is 3. The van der Waals surface area contributed by atoms with Gasteiger partial charge in [0, 0.05) is 25.4 Å². The minimum atomic E-state index is -0.514. The van der Waals surface area contributed by atoms with Crippen molar-refractivity contribution >= 4 is 22.7 Å². The van der Waals surface area contributed by atoms with E-state index in [-0.39, 0.29) is 30.0 Å². The van der Waals surface area contributed by atoms with Gasteiger partial charge in [-0.1, -0.05) is 12.1 Å². The zero-order chi connectivity index (χ0) is 22.2. The first kappa shape index (κ1) is 21.5. The van der Waals surface area contributed by atoms with Crippen LogP contribution < -0.4 is 10.6 Å². The molecule has 32 heavy (non-hydrogen) atoms. The topological polar surface area (TPSA) is 79.3 Å². The van der Waals surface area contributed by atoms with E-state index in [0.717, 1.165) is 57.0 Å². The molecule has 0 aliphatic carbocycles. The summed E-state index contributed by atoms with van der Waals surface area (Å²) in [7, 11) is 1.73. The number of fused-ring (bicyclic) bond motifs is 1. The third-order valence-electron chi connectivity index (χ3n) is 7.58. The Kier molecular flexibility index (Phi) is 5.99. The van der Waals surface area contributed by atoms with E-state index in [1.807, 2.05) is 12.1 Å². The van der Waals surface area contributed by atoms with Crippen LogP contribution in [0, 0.1) is 11.7 Å². The molecule has 172 valence electrons. The first-order valence-electron chi connectivity index (χ1n) is 11.9. The fraction of sp³-hybridized carbons (Fsp3) is 0.625. The average Bonchev–Trinajstić information content (AvgIpc) is 3.12. The molecule has 1 aromatic heterocycles. The zero-order valence-electron chi connectivity index (χ0n) is 18.7. The van der Waals surface area contributed by atoms with Crippen LogP contribution >= 0.6 is 0 Å². The number of likely N-dealkylation sites (tertiary alicyclic amines) is 1. The summed E-state index contributed by atoms with van der Waals surface area (Å²) in [4.78, 5) is 26.4. The minimum Gasteiger partial charge on any atom is -0.317 e. The van der Waals surface area contributed by atoms with E-state index in [4.69, 9.17) is 0 Å². The Balaban J connectivity index is 1.32. The number of halogens is 1. The highest BCUT2D eigenvalue weighted by Gasteiger charge is 2.33. The van der Waals surface area contributed by atoms with Crippen molar-refractivity contribution in [3.63, 3.8) is 0 Å². The second-order valence-corrected chi connectivity index (χ2v) is 9.65. The van der Waals surface area contributed by atoms with Gasteiger partial charge in [0.25, 0.3) is 0 Å². The maximum atomic E-state index is 15.7. The second kappa shape index (κ2) is 8.90. The summed E-state index contributed by atoms with van der Waals surface area (Å²) in [6.45, 7) is 5.43. The lowest BCUT2D eigenvalue weighted by molar-refractivity contribution is -0.134. The van der Waals surface area contributed by atoms with Crippen LogP contribution in [0.2, 0.25) is 0 Å². The van der Waals surface area contributed by atoms with Crippen molar-refractivity contribution in [1.82, 2.24) is 25.3 Å². The van der Waals surface area contributed by atoms with E-state index in [2.05, 4.69) is 20.6 Å². The van der Waals surface area contributed by atoms with Crippen LogP contribution in [0.15, 0.2) is 12.1 Å². The maximum Gasteiger partial charge on any atom is 0.235 e. The summed E-state index contributed by atoms with van der Waals surface area (Å²) < 4.78 is 17.2. The molecule has 0 saturated carbocycles. The zero-order valence-corrected chi connectivity index (χ0v) is 18.7. The standard InChI is InChI=1S/C24H32FN5O2/c1-29-23-18(22(28-29)19-4-5-20(31)27-24(19)32)3-2-17(21(23)25)16-8-12-30(13-9-16)14-15-6-10-26-11-7-15/h2-3,15-16,19,26H,4-14H2,1H3,(H,27,31,32). The molecule has 3 aliphatic heterocycles. The van der Waals surface area contributed by atoms with E-state index in [0.29, 0.717) is 23.0 Å². The molecule has 2 N–H and O–H groups in total. The van der Waals surface area contributed by atoms with Gasteiger partial charge in [0.15, 0.2) is 5.82 Å². The van der Waals surface area contributed by atoms with Crippen molar-refractivity contribution < 1.29 is 14.0 Å². The molecule has 8 heteroatoms. The number of carbonyl (C=O) groups excluding carboxylic acids is 2. The van der Waals surface area contributed by atoms with Gasteiger partial charge >= 0.3 is 0 Å². The quantitative estimate of drug-likeness (QED) is 0.713. The van der Waals surface area contributed by atoms with Crippen LogP contribution in [0.25, 0.3) is 10.9 Å².